The molecule has 2 aromatic rings. The third-order valence-electron chi connectivity index (χ3n) is 5.43. The molecule has 3 rings (SSSR count). The number of nitrogens with one attached hydrogen (secondary N) is 2. The average Bonchev–Trinajstić information content (AvgIpc) is 3.18. The van der Waals surface area contributed by atoms with E-state index in [1.54, 1.807) is 11.1 Å². The van der Waals surface area contributed by atoms with Gasteiger partial charge < -0.3 is 5.32 Å². The molecule has 1 aromatic heterocycles. The predicted molar refractivity (Wildman–Crippen MR) is 134 cm³/mol. The van der Waals surface area contributed by atoms with Crippen LogP contribution in [0.15, 0.2) is 52.7 Å². The van der Waals surface area contributed by atoms with Crippen molar-refractivity contribution >= 4 is 29.1 Å². The largest absolute Gasteiger partial charge is 0.353 e. The first-order valence-electron chi connectivity index (χ1n) is 11.1. The van der Waals surface area contributed by atoms with Crippen molar-refractivity contribution in [1.82, 2.24) is 14.7 Å². The number of hydrazone groups is 1. The van der Waals surface area contributed by atoms with Crippen molar-refractivity contribution in [3.8, 4) is 0 Å². The summed E-state index contributed by atoms with van der Waals surface area (Å²) >= 11 is 1.42. The maximum atomic E-state index is 13.8. The minimum atomic E-state index is -2.77. The van der Waals surface area contributed by atoms with Crippen LogP contribution in [-0.2, 0) is 6.42 Å². The molecule has 0 spiro atoms. The number of alkyl halides is 2. The normalized spacial score (nSPS) is 19.2. The average molecular weight is 475 g/mol. The van der Waals surface area contributed by atoms with Crippen LogP contribution in [0.4, 0.5) is 13.8 Å². The molecule has 0 bridgehead atoms. The van der Waals surface area contributed by atoms with Crippen molar-refractivity contribution in [3.63, 3.8) is 0 Å². The van der Waals surface area contributed by atoms with Crippen LogP contribution in [0.3, 0.4) is 0 Å². The van der Waals surface area contributed by atoms with E-state index in [4.69, 9.17) is 4.99 Å². The molecule has 1 aliphatic rings. The highest BCUT2D eigenvalue weighted by Gasteiger charge is 2.31. The lowest BCUT2D eigenvalue weighted by molar-refractivity contribution is 0.0223. The number of nitrogens with zero attached hydrogens (tertiary/aromatic N) is 4. The Bertz CT molecular complexity index is 981. The van der Waals surface area contributed by atoms with Crippen LogP contribution in [-0.4, -0.2) is 47.1 Å². The molecule has 2 unspecified atom stereocenters. The summed E-state index contributed by atoms with van der Waals surface area (Å²) in [5.41, 5.74) is 2.54. The van der Waals surface area contributed by atoms with Gasteiger partial charge in [0.1, 0.15) is 10.8 Å². The van der Waals surface area contributed by atoms with Gasteiger partial charge in [-0.25, -0.2) is 8.78 Å². The summed E-state index contributed by atoms with van der Waals surface area (Å²) in [7, 11) is 0. The van der Waals surface area contributed by atoms with Crippen LogP contribution < -0.4 is 10.6 Å². The van der Waals surface area contributed by atoms with Crippen LogP contribution in [0.25, 0.3) is 0 Å². The minimum absolute atomic E-state index is 0.0779. The summed E-state index contributed by atoms with van der Waals surface area (Å²) in [6.45, 7) is 9.75. The Morgan fingerprint density at radius 2 is 2.18 bits per heavy atom. The van der Waals surface area contributed by atoms with Gasteiger partial charge in [-0.15, -0.1) is 0 Å². The van der Waals surface area contributed by atoms with Gasteiger partial charge in [-0.05, 0) is 68.5 Å². The smallest absolute Gasteiger partial charge is 0.249 e. The summed E-state index contributed by atoms with van der Waals surface area (Å²) in [5, 5.41) is 13.5. The van der Waals surface area contributed by atoms with Gasteiger partial charge in [-0.3, -0.25) is 15.3 Å². The summed E-state index contributed by atoms with van der Waals surface area (Å²) < 4.78 is 31.8. The molecule has 6 nitrogen and oxygen atoms in total. The summed E-state index contributed by atoms with van der Waals surface area (Å²) in [6.07, 6.45) is 5.34. The molecule has 2 heterocycles. The number of aryl methyl sites for hydroxylation is 1. The topological polar surface area (TPSA) is 64.9 Å². The summed E-state index contributed by atoms with van der Waals surface area (Å²) in [4.78, 5) is 4.79. The standard InChI is InChI=1S/C24H32F2N6S/c1-17(11-12-28-22-14-18(2)31-33-22)29-16-30-23-21(10-7-13-32(23)27-4)20-9-6-5-8-19(20)15-24(3,25)26/h5-6,8-9,11-12,14,17,21,28-29H,4,7,10,13,15-16H2,1-3H3/b12-11+,30-23-. The SMILES string of the molecule is C=NN1CCCC(c2ccccc2CC(C)(F)F)/C1=N/CNC(C)/C=C/Nc1cc(C)ns1. The van der Waals surface area contributed by atoms with Crippen molar-refractivity contribution in [1.29, 1.82) is 0 Å². The number of benzene rings is 1. The van der Waals surface area contributed by atoms with E-state index in [-0.39, 0.29) is 18.4 Å². The fourth-order valence-corrected chi connectivity index (χ4v) is 4.55. The zero-order valence-corrected chi connectivity index (χ0v) is 20.2. The molecule has 1 saturated heterocycles. The Morgan fingerprint density at radius 3 is 2.88 bits per heavy atom. The lowest BCUT2D eigenvalue weighted by atomic mass is 9.85. The number of anilines is 1. The first-order chi connectivity index (χ1) is 15.8. The molecule has 0 aliphatic carbocycles. The van der Waals surface area contributed by atoms with Crippen LogP contribution in [0.1, 0.15) is 49.4 Å². The first kappa shape index (κ1) is 25.0. The van der Waals surface area contributed by atoms with E-state index < -0.39 is 5.92 Å². The van der Waals surface area contributed by atoms with E-state index in [0.717, 1.165) is 48.4 Å². The lowest BCUT2D eigenvalue weighted by Crippen LogP contribution is -2.38. The second kappa shape index (κ2) is 11.5. The monoisotopic (exact) mass is 474 g/mol. The Morgan fingerprint density at radius 1 is 1.39 bits per heavy atom. The summed E-state index contributed by atoms with van der Waals surface area (Å²) in [6, 6.07) is 9.49. The van der Waals surface area contributed by atoms with Crippen molar-refractivity contribution in [2.75, 3.05) is 18.5 Å². The molecule has 1 aromatic carbocycles. The molecule has 0 radical (unpaired) electrons. The van der Waals surface area contributed by atoms with E-state index in [9.17, 15) is 8.78 Å². The molecule has 2 atom stereocenters. The van der Waals surface area contributed by atoms with Crippen molar-refractivity contribution in [2.45, 2.75) is 57.9 Å². The number of hydrogen-bond donors (Lipinski definition) is 2. The molecule has 2 N–H and O–H groups in total. The van der Waals surface area contributed by atoms with Crippen molar-refractivity contribution < 1.29 is 8.78 Å². The molecule has 33 heavy (non-hydrogen) atoms. The molecular formula is C24H32F2N6S. The van der Waals surface area contributed by atoms with E-state index in [1.165, 1.54) is 11.5 Å². The number of aromatic nitrogens is 1. The third-order valence-corrected chi connectivity index (χ3v) is 6.25. The highest BCUT2D eigenvalue weighted by molar-refractivity contribution is 7.10. The van der Waals surface area contributed by atoms with Gasteiger partial charge in [0.15, 0.2) is 0 Å². The predicted octanol–water partition coefficient (Wildman–Crippen LogP) is 5.40. The van der Waals surface area contributed by atoms with Crippen molar-refractivity contribution in [2.24, 2.45) is 10.1 Å². The lowest BCUT2D eigenvalue weighted by Gasteiger charge is -2.33. The third kappa shape index (κ3) is 7.43. The Kier molecular flexibility index (Phi) is 8.68. The maximum absolute atomic E-state index is 13.8. The Hall–Kier alpha value is -2.65. The van der Waals surface area contributed by atoms with Crippen LogP contribution in [0.5, 0.6) is 0 Å². The van der Waals surface area contributed by atoms with Crippen molar-refractivity contribution in [3.05, 3.63) is 59.4 Å². The quantitative estimate of drug-likeness (QED) is 0.452. The van der Waals surface area contributed by atoms with E-state index >= 15 is 0 Å². The highest BCUT2D eigenvalue weighted by atomic mass is 32.1. The molecule has 0 amide bonds. The maximum Gasteiger partial charge on any atom is 0.249 e. The van der Waals surface area contributed by atoms with Gasteiger partial charge in [0.2, 0.25) is 5.92 Å². The molecule has 0 saturated carbocycles. The second-order valence-corrected chi connectivity index (χ2v) is 9.21. The van der Waals surface area contributed by atoms with Gasteiger partial charge in [-0.2, -0.15) is 9.47 Å². The van der Waals surface area contributed by atoms with E-state index in [2.05, 4.69) is 26.8 Å². The van der Waals surface area contributed by atoms with Gasteiger partial charge in [0, 0.05) is 31.6 Å². The highest BCUT2D eigenvalue weighted by Crippen LogP contribution is 2.33. The van der Waals surface area contributed by atoms with Crippen LogP contribution in [0.2, 0.25) is 0 Å². The number of piperidine rings is 1. The molecule has 1 aliphatic heterocycles. The fraction of sp³-hybridized carbons (Fsp3) is 0.458. The zero-order chi connectivity index (χ0) is 23.8. The minimum Gasteiger partial charge on any atom is -0.353 e. The Balaban J connectivity index is 1.70. The number of amidine groups is 1. The molecular weight excluding hydrogens is 442 g/mol. The first-order valence-corrected chi connectivity index (χ1v) is 11.9. The number of halogens is 2. The molecule has 178 valence electrons. The van der Waals surface area contributed by atoms with Gasteiger partial charge in [-0.1, -0.05) is 30.3 Å². The second-order valence-electron chi connectivity index (χ2n) is 8.41. The number of hydrogen-bond acceptors (Lipinski definition) is 6. The molecule has 9 heteroatoms. The van der Waals surface area contributed by atoms with Gasteiger partial charge >= 0.3 is 0 Å². The molecule has 1 fully saturated rings. The van der Waals surface area contributed by atoms with Crippen LogP contribution >= 0.6 is 11.5 Å². The van der Waals surface area contributed by atoms with E-state index in [0.29, 0.717) is 12.2 Å². The zero-order valence-electron chi connectivity index (χ0n) is 19.4. The van der Waals surface area contributed by atoms with Gasteiger partial charge in [0.05, 0.1) is 12.4 Å². The Labute approximate surface area is 198 Å². The number of rotatable bonds is 10. The van der Waals surface area contributed by atoms with Crippen LogP contribution in [0, 0.1) is 6.92 Å². The van der Waals surface area contributed by atoms with Gasteiger partial charge in [0.25, 0.3) is 0 Å². The summed E-state index contributed by atoms with van der Waals surface area (Å²) in [5.74, 6) is -2.09. The number of aliphatic imine (C=N–C) groups is 1. The van der Waals surface area contributed by atoms with E-state index in [1.807, 2.05) is 50.4 Å². The fourth-order valence-electron chi connectivity index (χ4n) is 3.91.